The van der Waals surface area contributed by atoms with E-state index < -0.39 is 15.3 Å². The van der Waals surface area contributed by atoms with E-state index in [-0.39, 0.29) is 5.92 Å². The normalized spacial score (nSPS) is 24.7. The summed E-state index contributed by atoms with van der Waals surface area (Å²) >= 11 is 0. The predicted molar refractivity (Wildman–Crippen MR) is 130 cm³/mol. The third kappa shape index (κ3) is 4.18. The second kappa shape index (κ2) is 8.77. The molecule has 0 bridgehead atoms. The van der Waals surface area contributed by atoms with Crippen LogP contribution in [0.4, 0.5) is 0 Å². The van der Waals surface area contributed by atoms with Crippen molar-refractivity contribution in [2.75, 3.05) is 20.1 Å². The zero-order valence-corrected chi connectivity index (χ0v) is 19.7. The van der Waals surface area contributed by atoms with E-state index in [0.29, 0.717) is 31.0 Å². The van der Waals surface area contributed by atoms with Crippen molar-refractivity contribution in [3.8, 4) is 0 Å². The zero-order valence-electron chi connectivity index (χ0n) is 18.9. The molecule has 0 spiro atoms. The summed E-state index contributed by atoms with van der Waals surface area (Å²) in [5, 5.41) is 3.10. The van der Waals surface area contributed by atoms with Crippen molar-refractivity contribution in [1.82, 2.24) is 9.62 Å². The van der Waals surface area contributed by atoms with Gasteiger partial charge >= 0.3 is 0 Å². The molecule has 1 saturated heterocycles. The van der Waals surface area contributed by atoms with Gasteiger partial charge in [0.15, 0.2) is 0 Å². The summed E-state index contributed by atoms with van der Waals surface area (Å²) < 4.78 is 27.8. The van der Waals surface area contributed by atoms with Crippen LogP contribution in [0.2, 0.25) is 0 Å². The molecule has 0 amide bonds. The van der Waals surface area contributed by atoms with Crippen LogP contribution in [-0.2, 0) is 22.9 Å². The average Bonchev–Trinajstić information content (AvgIpc) is 3.52. The summed E-state index contributed by atoms with van der Waals surface area (Å²) in [5.41, 5.74) is 5.50. The molecule has 0 aromatic heterocycles. The molecule has 1 saturated carbocycles. The molecule has 5 heteroatoms. The van der Waals surface area contributed by atoms with Crippen molar-refractivity contribution in [3.63, 3.8) is 0 Å². The van der Waals surface area contributed by atoms with Crippen molar-refractivity contribution in [2.45, 2.75) is 55.2 Å². The highest BCUT2D eigenvalue weighted by atomic mass is 32.2. The van der Waals surface area contributed by atoms with E-state index in [1.54, 1.807) is 10.4 Å². The number of likely N-dealkylation sites (N-methyl/N-ethyl adjacent to an activating group) is 1. The lowest BCUT2D eigenvalue weighted by Gasteiger charge is -2.40. The minimum Gasteiger partial charge on any atom is -0.316 e. The first-order chi connectivity index (χ1) is 15.5. The number of nitrogens with zero attached hydrogens (tertiary/aromatic N) is 1. The molecule has 1 aliphatic heterocycles. The average molecular weight is 451 g/mol. The fourth-order valence-corrected chi connectivity index (χ4v) is 7.40. The molecular weight excluding hydrogens is 416 g/mol. The summed E-state index contributed by atoms with van der Waals surface area (Å²) in [4.78, 5) is 0. The highest BCUT2D eigenvalue weighted by Crippen LogP contribution is 2.41. The monoisotopic (exact) mass is 450 g/mol. The number of hydrogen-bond acceptors (Lipinski definition) is 3. The predicted octanol–water partition coefficient (Wildman–Crippen LogP) is 4.24. The SMILES string of the molecule is C=CC(CC1CC1)S(=O)(=O)N1CC(c2ccc3c(c2)C(Cc2ccccc2)C(NC)C3)C1. The van der Waals surface area contributed by atoms with Crippen molar-refractivity contribution < 1.29 is 8.42 Å². The first-order valence-electron chi connectivity index (χ1n) is 11.9. The Labute approximate surface area is 192 Å². The standard InChI is InChI=1S/C27H34N2O2S/c1-3-24(13-20-9-10-20)32(30,31)29-17-23(18-29)21-11-12-22-16-27(28-2)26(25(22)15-21)14-19-7-5-4-6-8-19/h3-8,11-12,15,20,23-24,26-28H,1,9-10,13-14,16-18H2,2H3. The van der Waals surface area contributed by atoms with Crippen molar-refractivity contribution in [3.05, 3.63) is 83.4 Å². The second-order valence-electron chi connectivity index (χ2n) is 9.87. The maximum absolute atomic E-state index is 13.1. The van der Waals surface area contributed by atoms with Crippen LogP contribution in [0.15, 0.2) is 61.2 Å². The Kier molecular flexibility index (Phi) is 5.99. The minimum absolute atomic E-state index is 0.285. The summed E-state index contributed by atoms with van der Waals surface area (Å²) in [6.07, 6.45) is 6.78. The third-order valence-electron chi connectivity index (χ3n) is 7.75. The molecule has 3 unspecified atom stereocenters. The molecule has 1 heterocycles. The van der Waals surface area contributed by atoms with Gasteiger partial charge in [-0.05, 0) is 54.5 Å². The van der Waals surface area contributed by atoms with Gasteiger partial charge in [0.05, 0.1) is 5.25 Å². The van der Waals surface area contributed by atoms with E-state index in [1.165, 1.54) is 22.3 Å². The second-order valence-corrected chi connectivity index (χ2v) is 12.0. The summed E-state index contributed by atoms with van der Waals surface area (Å²) in [6, 6.07) is 18.0. The van der Waals surface area contributed by atoms with Crippen LogP contribution < -0.4 is 5.32 Å². The van der Waals surface area contributed by atoms with Crippen LogP contribution in [0.3, 0.4) is 0 Å². The molecule has 3 aliphatic rings. The highest BCUT2D eigenvalue weighted by molar-refractivity contribution is 7.89. The van der Waals surface area contributed by atoms with Crippen molar-refractivity contribution >= 4 is 10.0 Å². The van der Waals surface area contributed by atoms with E-state index in [2.05, 4.69) is 67.5 Å². The lowest BCUT2D eigenvalue weighted by atomic mass is 9.87. The number of sulfonamides is 1. The maximum Gasteiger partial charge on any atom is 0.220 e. The van der Waals surface area contributed by atoms with Crippen LogP contribution in [0, 0.1) is 5.92 Å². The number of hydrogen-bond donors (Lipinski definition) is 1. The van der Waals surface area contributed by atoms with Gasteiger partial charge in [0, 0.05) is 31.0 Å². The smallest absolute Gasteiger partial charge is 0.220 e. The fourth-order valence-electron chi connectivity index (χ4n) is 5.49. The molecule has 2 fully saturated rings. The van der Waals surface area contributed by atoms with Crippen LogP contribution >= 0.6 is 0 Å². The van der Waals surface area contributed by atoms with Gasteiger partial charge in [0.2, 0.25) is 10.0 Å². The van der Waals surface area contributed by atoms with Gasteiger partial charge in [-0.3, -0.25) is 0 Å². The fraction of sp³-hybridized carbons (Fsp3) is 0.481. The molecule has 1 N–H and O–H groups in total. The Morgan fingerprint density at radius 1 is 1.16 bits per heavy atom. The highest BCUT2D eigenvalue weighted by Gasteiger charge is 2.42. The molecule has 5 rings (SSSR count). The first-order valence-corrected chi connectivity index (χ1v) is 13.5. The Hall–Kier alpha value is -1.95. The van der Waals surface area contributed by atoms with Crippen LogP contribution in [-0.4, -0.2) is 44.2 Å². The lowest BCUT2D eigenvalue weighted by molar-refractivity contribution is 0.261. The van der Waals surface area contributed by atoms with Gasteiger partial charge in [0.1, 0.15) is 0 Å². The molecule has 0 radical (unpaired) electrons. The Morgan fingerprint density at radius 2 is 1.91 bits per heavy atom. The molecule has 2 aromatic carbocycles. The molecule has 170 valence electrons. The van der Waals surface area contributed by atoms with Crippen molar-refractivity contribution in [1.29, 1.82) is 0 Å². The summed E-state index contributed by atoms with van der Waals surface area (Å²) in [5.74, 6) is 1.30. The summed E-state index contributed by atoms with van der Waals surface area (Å²) in [6.45, 7) is 5.00. The van der Waals surface area contributed by atoms with Crippen LogP contribution in [0.1, 0.15) is 53.4 Å². The van der Waals surface area contributed by atoms with Gasteiger partial charge in [-0.15, -0.1) is 6.58 Å². The number of benzene rings is 2. The Bertz CT molecular complexity index is 1070. The molecular formula is C27H34N2O2S. The zero-order chi connectivity index (χ0) is 22.3. The van der Waals surface area contributed by atoms with Crippen molar-refractivity contribution in [2.24, 2.45) is 5.92 Å². The number of fused-ring (bicyclic) bond motifs is 1. The third-order valence-corrected chi connectivity index (χ3v) is 9.92. The van der Waals surface area contributed by atoms with Crippen LogP contribution in [0.25, 0.3) is 0 Å². The number of nitrogens with one attached hydrogen (secondary N) is 1. The van der Waals surface area contributed by atoms with E-state index in [1.807, 2.05) is 0 Å². The van der Waals surface area contributed by atoms with E-state index >= 15 is 0 Å². The largest absolute Gasteiger partial charge is 0.316 e. The van der Waals surface area contributed by atoms with Gasteiger partial charge in [0.25, 0.3) is 0 Å². The van der Waals surface area contributed by atoms with Crippen LogP contribution in [0.5, 0.6) is 0 Å². The van der Waals surface area contributed by atoms with Gasteiger partial charge < -0.3 is 5.32 Å². The maximum atomic E-state index is 13.1. The Morgan fingerprint density at radius 3 is 2.56 bits per heavy atom. The Balaban J connectivity index is 1.30. The van der Waals surface area contributed by atoms with Gasteiger partial charge in [-0.25, -0.2) is 12.7 Å². The van der Waals surface area contributed by atoms with E-state index in [0.717, 1.165) is 32.1 Å². The quantitative estimate of drug-likeness (QED) is 0.582. The lowest BCUT2D eigenvalue weighted by Crippen LogP contribution is -2.51. The molecule has 3 atom stereocenters. The molecule has 32 heavy (non-hydrogen) atoms. The first kappa shape index (κ1) is 21.9. The van der Waals surface area contributed by atoms with Gasteiger partial charge in [-0.2, -0.15) is 0 Å². The van der Waals surface area contributed by atoms with E-state index in [4.69, 9.17) is 0 Å². The van der Waals surface area contributed by atoms with E-state index in [9.17, 15) is 8.42 Å². The molecule has 2 aliphatic carbocycles. The molecule has 2 aromatic rings. The summed E-state index contributed by atoms with van der Waals surface area (Å²) in [7, 11) is -1.22. The minimum atomic E-state index is -3.28. The molecule has 4 nitrogen and oxygen atoms in total. The number of rotatable bonds is 9. The topological polar surface area (TPSA) is 49.4 Å². The van der Waals surface area contributed by atoms with Gasteiger partial charge in [-0.1, -0.05) is 67.4 Å².